The number of hydrogen-bond donors (Lipinski definition) is 1. The van der Waals surface area contributed by atoms with Crippen molar-refractivity contribution in [2.45, 2.75) is 74.0 Å². The van der Waals surface area contributed by atoms with Crippen LogP contribution in [-0.4, -0.2) is 185 Å². The van der Waals surface area contributed by atoms with E-state index in [0.29, 0.717) is 25.7 Å². The van der Waals surface area contributed by atoms with E-state index >= 15 is 0 Å². The summed E-state index contributed by atoms with van der Waals surface area (Å²) in [5.74, 6) is 0.331. The Morgan fingerprint density at radius 2 is 0.575 bits per heavy atom. The Bertz CT molecular complexity index is 4380. The van der Waals surface area contributed by atoms with Crippen molar-refractivity contribution in [3.05, 3.63) is 253 Å². The summed E-state index contributed by atoms with van der Waals surface area (Å²) in [6.45, 7) is 18.3. The zero-order valence-electron chi connectivity index (χ0n) is 61.3. The molecule has 3 aliphatic rings. The molecular formula is C81H97ClN12O9S3. The first kappa shape index (κ1) is 80.7. The highest BCUT2D eigenvalue weighted by Gasteiger charge is 2.25. The molecule has 1 N–H and O–H groups in total. The van der Waals surface area contributed by atoms with Crippen LogP contribution in [0.3, 0.4) is 0 Å². The van der Waals surface area contributed by atoms with Gasteiger partial charge < -0.3 is 34.7 Å². The van der Waals surface area contributed by atoms with E-state index in [4.69, 9.17) is 10.7 Å². The SMILES string of the molecule is CNCCC(=O)Cc1ccc(N2CCN(c3ccncc3)CC2)cc1.Cc1ccc(S(=O)(=O)Cl)cc1.Cc1ccc(S(=O)(=O)N(C)CCC(=O)Cc2ccc(N3CCN(c4ccncc4)CC3)cc2)cc1.Cc1ccc(S(=O)(=O)N(C)CCC(=O)Cc2ccc(N3CCN(c4ccncc4)CC3)cc2)cc1. The van der Waals surface area contributed by atoms with E-state index < -0.39 is 29.1 Å². The molecule has 0 spiro atoms. The lowest BCUT2D eigenvalue weighted by atomic mass is 10.1. The van der Waals surface area contributed by atoms with Crippen LogP contribution in [0.5, 0.6) is 0 Å². The molecule has 106 heavy (non-hydrogen) atoms. The maximum absolute atomic E-state index is 12.7. The highest BCUT2D eigenvalue weighted by atomic mass is 35.7. The number of aromatic nitrogens is 3. The van der Waals surface area contributed by atoms with Gasteiger partial charge in [0.2, 0.25) is 20.0 Å². The van der Waals surface area contributed by atoms with Crippen LogP contribution >= 0.6 is 10.7 Å². The molecule has 3 aliphatic heterocycles. The summed E-state index contributed by atoms with van der Waals surface area (Å²) in [7, 11) is -0.744. The average molecular weight is 1510 g/mol. The number of sulfonamides is 2. The van der Waals surface area contributed by atoms with Gasteiger partial charge in [-0.1, -0.05) is 89.5 Å². The molecule has 0 aliphatic carbocycles. The molecule has 0 amide bonds. The Balaban J connectivity index is 0.000000173. The van der Waals surface area contributed by atoms with Crippen LogP contribution in [0.15, 0.2) is 234 Å². The highest BCUT2D eigenvalue weighted by Crippen LogP contribution is 2.26. The first-order valence-electron chi connectivity index (χ1n) is 35.7. The molecule has 6 heterocycles. The summed E-state index contributed by atoms with van der Waals surface area (Å²) < 4.78 is 74.8. The number of rotatable bonds is 26. The van der Waals surface area contributed by atoms with Gasteiger partial charge in [-0.2, -0.15) is 0 Å². The number of ketones is 3. The van der Waals surface area contributed by atoms with Gasteiger partial charge in [-0.15, -0.1) is 0 Å². The zero-order chi connectivity index (χ0) is 75.6. The third kappa shape index (κ3) is 24.3. The van der Waals surface area contributed by atoms with E-state index in [-0.39, 0.29) is 58.0 Å². The fourth-order valence-corrected chi connectivity index (χ4v) is 15.4. The van der Waals surface area contributed by atoms with Crippen LogP contribution in [0.25, 0.3) is 0 Å². The molecule has 0 bridgehead atoms. The summed E-state index contributed by atoms with van der Waals surface area (Å²) in [5, 5.41) is 3.02. The van der Waals surface area contributed by atoms with Crippen molar-refractivity contribution in [1.82, 2.24) is 28.9 Å². The first-order valence-corrected chi connectivity index (χ1v) is 40.8. The average Bonchev–Trinajstić information content (AvgIpc) is 0.820. The number of anilines is 6. The number of pyridine rings is 3. The number of hydrogen-bond acceptors (Lipinski definition) is 19. The van der Waals surface area contributed by atoms with E-state index in [2.05, 4.69) is 110 Å². The number of carbonyl (C=O) groups is 3. The molecule has 560 valence electrons. The fourth-order valence-electron chi connectivity index (χ4n) is 12.3. The van der Waals surface area contributed by atoms with E-state index in [0.717, 1.165) is 130 Å². The van der Waals surface area contributed by atoms with Crippen molar-refractivity contribution in [2.75, 3.05) is 149 Å². The minimum absolute atomic E-state index is 0.0228. The summed E-state index contributed by atoms with van der Waals surface area (Å²) in [6, 6.07) is 56.9. The Kier molecular flexibility index (Phi) is 29.9. The molecule has 12 rings (SSSR count). The normalized spacial score (nSPS) is 14.1. The Morgan fingerprint density at radius 3 is 0.811 bits per heavy atom. The van der Waals surface area contributed by atoms with Gasteiger partial charge >= 0.3 is 0 Å². The Labute approximate surface area is 631 Å². The van der Waals surface area contributed by atoms with E-state index in [1.807, 2.05) is 114 Å². The Hall–Kier alpha value is -9.40. The highest BCUT2D eigenvalue weighted by molar-refractivity contribution is 8.13. The molecule has 6 aromatic carbocycles. The van der Waals surface area contributed by atoms with Gasteiger partial charge in [0.05, 0.1) is 14.7 Å². The minimum Gasteiger partial charge on any atom is -0.368 e. The topological polar surface area (TPSA) is 230 Å². The molecule has 9 aromatic rings. The third-order valence-corrected chi connectivity index (χ3v) is 24.0. The number of piperazine rings is 3. The quantitative estimate of drug-likeness (QED) is 0.0497. The van der Waals surface area contributed by atoms with Crippen molar-refractivity contribution >= 4 is 91.3 Å². The predicted molar refractivity (Wildman–Crippen MR) is 425 cm³/mol. The van der Waals surface area contributed by atoms with Gasteiger partial charge in [0, 0.05) is 233 Å². The molecule has 3 aromatic heterocycles. The zero-order valence-corrected chi connectivity index (χ0v) is 64.5. The summed E-state index contributed by atoms with van der Waals surface area (Å²) in [5.41, 5.74) is 13.2. The molecule has 0 saturated carbocycles. The lowest BCUT2D eigenvalue weighted by molar-refractivity contribution is -0.119. The smallest absolute Gasteiger partial charge is 0.261 e. The van der Waals surface area contributed by atoms with E-state index in [9.17, 15) is 39.6 Å². The number of halogens is 1. The Morgan fingerprint density at radius 1 is 0.349 bits per heavy atom. The fraction of sp³-hybridized carbons (Fsp3) is 0.333. The van der Waals surface area contributed by atoms with Crippen LogP contribution in [0.2, 0.25) is 0 Å². The maximum Gasteiger partial charge on any atom is 0.261 e. The number of aryl methyl sites for hydroxylation is 3. The molecule has 21 nitrogen and oxygen atoms in total. The third-order valence-electron chi connectivity index (χ3n) is 18.9. The van der Waals surface area contributed by atoms with Gasteiger partial charge in [0.15, 0.2) is 0 Å². The maximum atomic E-state index is 12.7. The monoisotopic (exact) mass is 1510 g/mol. The van der Waals surface area contributed by atoms with Crippen LogP contribution < -0.4 is 34.7 Å². The van der Waals surface area contributed by atoms with Gasteiger partial charge in [-0.3, -0.25) is 29.3 Å². The molecule has 0 unspecified atom stereocenters. The molecule has 0 radical (unpaired) electrons. The van der Waals surface area contributed by atoms with Crippen molar-refractivity contribution in [2.24, 2.45) is 0 Å². The lowest BCUT2D eigenvalue weighted by Crippen LogP contribution is -2.46. The number of nitrogens with zero attached hydrogens (tertiary/aromatic N) is 11. The van der Waals surface area contributed by atoms with Crippen LogP contribution in [0.4, 0.5) is 34.1 Å². The predicted octanol–water partition coefficient (Wildman–Crippen LogP) is 11.1. The molecule has 25 heteroatoms. The molecular weight excluding hydrogens is 1420 g/mol. The first-order chi connectivity index (χ1) is 50.9. The van der Waals surface area contributed by atoms with Crippen molar-refractivity contribution < 1.29 is 39.6 Å². The van der Waals surface area contributed by atoms with Crippen LogP contribution in [0, 0.1) is 20.8 Å². The van der Waals surface area contributed by atoms with Gasteiger partial charge in [-0.25, -0.2) is 33.9 Å². The number of Topliss-reactive ketones (excluding diaryl/α,β-unsaturated/α-hetero) is 3. The second-order valence-corrected chi connectivity index (χ2v) is 33.2. The molecule has 3 fully saturated rings. The van der Waals surface area contributed by atoms with Crippen molar-refractivity contribution in [3.63, 3.8) is 0 Å². The second kappa shape index (κ2) is 39.3. The van der Waals surface area contributed by atoms with Gasteiger partial charge in [0.1, 0.15) is 17.3 Å². The molecule has 3 saturated heterocycles. The standard InChI is InChI=1S/2C27H32N4O3S.C20H26N4O.C7H7ClO2S/c2*1-22-3-9-27(10-4-22)35(33,34)29(2)16-13-26(32)21-23-5-7-24(8-6-23)30-17-19-31(20-18-30)25-11-14-28-15-12-25;1-21-9-8-20(25)16-17-2-4-18(5-3-17)23-12-14-24(15-13-23)19-6-10-22-11-7-19;1-6-2-4-7(5-3-6)11(8,9)10/h2*3-12,14-15H,13,16-21H2,1-2H3;2-7,10-11,21H,8-9,12-16H2,1H3;2-5H,1H3. The lowest BCUT2D eigenvalue weighted by Gasteiger charge is -2.37. The van der Waals surface area contributed by atoms with Crippen LogP contribution in [0.1, 0.15) is 52.6 Å². The van der Waals surface area contributed by atoms with Crippen LogP contribution in [-0.2, 0) is 62.7 Å². The second-order valence-electron chi connectivity index (χ2n) is 26.6. The van der Waals surface area contributed by atoms with Gasteiger partial charge in [-0.05, 0) is 154 Å². The van der Waals surface area contributed by atoms with Gasteiger partial charge in [0.25, 0.3) is 9.05 Å². The largest absolute Gasteiger partial charge is 0.368 e. The van der Waals surface area contributed by atoms with Crippen molar-refractivity contribution in [3.8, 4) is 0 Å². The summed E-state index contributed by atoms with van der Waals surface area (Å²) in [4.78, 5) is 64.1. The van der Waals surface area contributed by atoms with E-state index in [1.54, 1.807) is 60.7 Å². The summed E-state index contributed by atoms with van der Waals surface area (Å²) >= 11 is 0. The number of carbonyl (C=O) groups excluding carboxylic acids is 3. The van der Waals surface area contributed by atoms with E-state index in [1.165, 1.54) is 57.6 Å². The number of benzene rings is 6. The molecule has 0 atom stereocenters. The van der Waals surface area contributed by atoms with Crippen molar-refractivity contribution in [1.29, 1.82) is 0 Å². The summed E-state index contributed by atoms with van der Waals surface area (Å²) in [6.07, 6.45) is 13.1. The number of nitrogens with one attached hydrogen (secondary N) is 1. The minimum atomic E-state index is -3.60.